The summed E-state index contributed by atoms with van der Waals surface area (Å²) in [6.07, 6.45) is 0. The van der Waals surface area contributed by atoms with Crippen molar-refractivity contribution in [2.24, 2.45) is 0 Å². The van der Waals surface area contributed by atoms with E-state index in [4.69, 9.17) is 0 Å². The van der Waals surface area contributed by atoms with Crippen molar-refractivity contribution in [3.8, 4) is 0 Å². The lowest BCUT2D eigenvalue weighted by Crippen LogP contribution is -2.02. The quantitative estimate of drug-likeness (QED) is 0.716. The molecule has 84 valence electrons. The lowest BCUT2D eigenvalue weighted by molar-refractivity contribution is 0.616. The SMILES string of the molecule is Fc1cc(Br)cc(Cn2nc(Br)cc2Br)c1. The Hall–Kier alpha value is -0.200. The van der Waals surface area contributed by atoms with Crippen LogP contribution in [-0.2, 0) is 6.54 Å². The summed E-state index contributed by atoms with van der Waals surface area (Å²) in [5.74, 6) is -0.258. The van der Waals surface area contributed by atoms with Gasteiger partial charge in [0.1, 0.15) is 15.0 Å². The fourth-order valence-electron chi connectivity index (χ4n) is 1.35. The molecule has 1 aromatic carbocycles. The highest BCUT2D eigenvalue weighted by atomic mass is 79.9. The Morgan fingerprint density at radius 1 is 1.12 bits per heavy atom. The van der Waals surface area contributed by atoms with E-state index in [0.717, 1.165) is 19.2 Å². The number of benzene rings is 1. The largest absolute Gasteiger partial charge is 0.253 e. The number of aromatic nitrogens is 2. The second-order valence-electron chi connectivity index (χ2n) is 3.23. The summed E-state index contributed by atoms with van der Waals surface area (Å²) in [6.45, 7) is 0.516. The summed E-state index contributed by atoms with van der Waals surface area (Å²) in [5.41, 5.74) is 0.850. The van der Waals surface area contributed by atoms with E-state index in [1.807, 2.05) is 12.1 Å². The molecule has 2 nitrogen and oxygen atoms in total. The van der Waals surface area contributed by atoms with Crippen molar-refractivity contribution in [2.45, 2.75) is 6.54 Å². The van der Waals surface area contributed by atoms with Gasteiger partial charge in [-0.1, -0.05) is 15.9 Å². The van der Waals surface area contributed by atoms with Gasteiger partial charge in [0.15, 0.2) is 0 Å². The molecular formula is C10H6Br3FN2. The van der Waals surface area contributed by atoms with Gasteiger partial charge in [-0.15, -0.1) is 0 Å². The molecule has 0 fully saturated rings. The van der Waals surface area contributed by atoms with Crippen LogP contribution in [-0.4, -0.2) is 9.78 Å². The van der Waals surface area contributed by atoms with Gasteiger partial charge in [-0.25, -0.2) is 4.39 Å². The summed E-state index contributed by atoms with van der Waals surface area (Å²) in [5, 5.41) is 4.21. The van der Waals surface area contributed by atoms with Gasteiger partial charge in [0.25, 0.3) is 0 Å². The Balaban J connectivity index is 2.30. The van der Waals surface area contributed by atoms with Gasteiger partial charge in [-0.3, -0.25) is 4.68 Å². The molecule has 0 bridgehead atoms. The second kappa shape index (κ2) is 4.98. The molecule has 0 radical (unpaired) electrons. The zero-order valence-corrected chi connectivity index (χ0v) is 12.7. The highest BCUT2D eigenvalue weighted by Crippen LogP contribution is 2.20. The van der Waals surface area contributed by atoms with Gasteiger partial charge in [-0.2, -0.15) is 5.10 Å². The Bertz CT molecular complexity index is 505. The van der Waals surface area contributed by atoms with E-state index in [0.29, 0.717) is 6.54 Å². The van der Waals surface area contributed by atoms with Crippen molar-refractivity contribution in [1.82, 2.24) is 9.78 Å². The van der Waals surface area contributed by atoms with Gasteiger partial charge >= 0.3 is 0 Å². The monoisotopic (exact) mass is 410 g/mol. The first-order valence-corrected chi connectivity index (χ1v) is 6.76. The van der Waals surface area contributed by atoms with Crippen LogP contribution >= 0.6 is 47.8 Å². The summed E-state index contributed by atoms with van der Waals surface area (Å²) in [6, 6.07) is 6.63. The minimum atomic E-state index is -0.258. The van der Waals surface area contributed by atoms with Crippen LogP contribution in [0.4, 0.5) is 4.39 Å². The Morgan fingerprint density at radius 2 is 1.88 bits per heavy atom. The molecular weight excluding hydrogens is 407 g/mol. The third kappa shape index (κ3) is 2.93. The molecule has 0 saturated heterocycles. The molecule has 0 aliphatic heterocycles. The van der Waals surface area contributed by atoms with E-state index >= 15 is 0 Å². The first-order chi connectivity index (χ1) is 7.54. The molecule has 0 saturated carbocycles. The minimum absolute atomic E-state index is 0.258. The molecule has 2 aromatic rings. The molecule has 0 aliphatic rings. The van der Waals surface area contributed by atoms with Crippen LogP contribution in [0, 0.1) is 5.82 Å². The summed E-state index contributed by atoms with van der Waals surface area (Å²) in [7, 11) is 0. The highest BCUT2D eigenvalue weighted by molar-refractivity contribution is 9.11. The van der Waals surface area contributed by atoms with Crippen molar-refractivity contribution in [2.75, 3.05) is 0 Å². The number of halogens is 4. The standard InChI is InChI=1S/C10H6Br3FN2/c11-7-1-6(2-8(14)3-7)5-16-10(13)4-9(12)15-16/h1-4H,5H2. The van der Waals surface area contributed by atoms with Gasteiger partial charge in [-0.05, 0) is 55.6 Å². The van der Waals surface area contributed by atoms with Gasteiger partial charge in [0.05, 0.1) is 6.54 Å². The van der Waals surface area contributed by atoms with Crippen LogP contribution in [0.1, 0.15) is 5.56 Å². The first-order valence-electron chi connectivity index (χ1n) is 4.38. The van der Waals surface area contributed by atoms with Crippen molar-refractivity contribution in [1.29, 1.82) is 0 Å². The zero-order valence-electron chi connectivity index (χ0n) is 7.92. The molecule has 0 unspecified atom stereocenters. The van der Waals surface area contributed by atoms with Crippen LogP contribution in [0.2, 0.25) is 0 Å². The van der Waals surface area contributed by atoms with E-state index in [-0.39, 0.29) is 5.82 Å². The number of hydrogen-bond donors (Lipinski definition) is 0. The summed E-state index contributed by atoms with van der Waals surface area (Å²) < 4.78 is 17.2. The van der Waals surface area contributed by atoms with E-state index in [1.54, 1.807) is 4.68 Å². The topological polar surface area (TPSA) is 17.8 Å². The second-order valence-corrected chi connectivity index (χ2v) is 5.77. The summed E-state index contributed by atoms with van der Waals surface area (Å²) >= 11 is 9.92. The first kappa shape index (κ1) is 12.3. The van der Waals surface area contributed by atoms with Crippen molar-refractivity contribution in [3.63, 3.8) is 0 Å². The van der Waals surface area contributed by atoms with E-state index in [2.05, 4.69) is 52.9 Å². The molecule has 16 heavy (non-hydrogen) atoms. The van der Waals surface area contributed by atoms with E-state index < -0.39 is 0 Å². The van der Waals surface area contributed by atoms with Gasteiger partial charge in [0, 0.05) is 10.5 Å². The minimum Gasteiger partial charge on any atom is -0.253 e. The number of nitrogens with zero attached hydrogens (tertiary/aromatic N) is 2. The maximum absolute atomic E-state index is 13.2. The lowest BCUT2D eigenvalue weighted by atomic mass is 10.2. The maximum Gasteiger partial charge on any atom is 0.129 e. The third-order valence-corrected chi connectivity index (χ3v) is 3.44. The van der Waals surface area contributed by atoms with Crippen LogP contribution in [0.5, 0.6) is 0 Å². The predicted octanol–water partition coefficient (Wildman–Crippen LogP) is 4.36. The average molecular weight is 413 g/mol. The summed E-state index contributed by atoms with van der Waals surface area (Å²) in [4.78, 5) is 0. The van der Waals surface area contributed by atoms with Crippen molar-refractivity contribution in [3.05, 3.63) is 49.3 Å². The van der Waals surface area contributed by atoms with Crippen LogP contribution in [0.3, 0.4) is 0 Å². The normalized spacial score (nSPS) is 10.8. The Labute approximate surface area is 117 Å². The van der Waals surface area contributed by atoms with Gasteiger partial charge in [0.2, 0.25) is 0 Å². The number of hydrogen-bond acceptors (Lipinski definition) is 1. The third-order valence-electron chi connectivity index (χ3n) is 1.96. The van der Waals surface area contributed by atoms with Crippen LogP contribution in [0.15, 0.2) is 37.9 Å². The predicted molar refractivity (Wildman–Crippen MR) is 70.8 cm³/mol. The van der Waals surface area contributed by atoms with Crippen molar-refractivity contribution >= 4 is 47.8 Å². The van der Waals surface area contributed by atoms with E-state index in [9.17, 15) is 4.39 Å². The van der Waals surface area contributed by atoms with Gasteiger partial charge < -0.3 is 0 Å². The molecule has 2 rings (SSSR count). The fourth-order valence-corrected chi connectivity index (χ4v) is 3.00. The van der Waals surface area contributed by atoms with E-state index in [1.165, 1.54) is 12.1 Å². The molecule has 6 heteroatoms. The molecule has 0 spiro atoms. The van der Waals surface area contributed by atoms with Crippen molar-refractivity contribution < 1.29 is 4.39 Å². The fraction of sp³-hybridized carbons (Fsp3) is 0.100. The molecule has 0 amide bonds. The van der Waals surface area contributed by atoms with Crippen LogP contribution < -0.4 is 0 Å². The Morgan fingerprint density at radius 3 is 2.44 bits per heavy atom. The molecule has 0 atom stereocenters. The zero-order chi connectivity index (χ0) is 11.7. The average Bonchev–Trinajstić information content (AvgIpc) is 2.43. The number of rotatable bonds is 2. The van der Waals surface area contributed by atoms with Crippen LogP contribution in [0.25, 0.3) is 0 Å². The Kier molecular flexibility index (Phi) is 3.81. The molecule has 0 aliphatic carbocycles. The molecule has 1 heterocycles. The molecule has 0 N–H and O–H groups in total. The lowest BCUT2D eigenvalue weighted by Gasteiger charge is -2.04. The molecule has 1 aromatic heterocycles. The smallest absolute Gasteiger partial charge is 0.129 e. The highest BCUT2D eigenvalue weighted by Gasteiger charge is 2.05. The maximum atomic E-state index is 13.2.